The van der Waals surface area contributed by atoms with E-state index in [9.17, 15) is 14.0 Å². The number of rotatable bonds is 4. The van der Waals surface area contributed by atoms with Crippen LogP contribution in [0.4, 0.5) is 9.18 Å². The maximum atomic E-state index is 13.8. The van der Waals surface area contributed by atoms with Crippen molar-refractivity contribution in [1.29, 1.82) is 0 Å². The van der Waals surface area contributed by atoms with Crippen molar-refractivity contribution in [3.63, 3.8) is 0 Å². The Morgan fingerprint density at radius 3 is 2.25 bits per heavy atom. The Balaban J connectivity index is 1.65. The minimum absolute atomic E-state index is 0.00630. The lowest BCUT2D eigenvalue weighted by Gasteiger charge is -2.38. The molecule has 3 amide bonds. The third-order valence-electron chi connectivity index (χ3n) is 6.77. The molecule has 2 aliphatic heterocycles. The number of halogens is 1. The average Bonchev–Trinajstić information content (AvgIpc) is 2.88. The number of nitrogens with zero attached hydrogens (tertiary/aromatic N) is 1. The van der Waals surface area contributed by atoms with E-state index < -0.39 is 5.54 Å². The molecule has 0 spiro atoms. The maximum Gasteiger partial charge on any atom is 0.325 e. The molecule has 28 heavy (non-hydrogen) atoms. The zero-order valence-corrected chi connectivity index (χ0v) is 16.4. The van der Waals surface area contributed by atoms with Gasteiger partial charge in [0.25, 0.3) is 5.91 Å². The number of carbonyl (C=O) groups is 2. The van der Waals surface area contributed by atoms with Gasteiger partial charge in [-0.3, -0.25) is 9.69 Å². The fourth-order valence-corrected chi connectivity index (χ4v) is 5.24. The molecule has 2 N–H and O–H groups in total. The van der Waals surface area contributed by atoms with Crippen LogP contribution in [0.2, 0.25) is 0 Å². The van der Waals surface area contributed by atoms with E-state index in [-0.39, 0.29) is 29.7 Å². The molecule has 152 valence electrons. The van der Waals surface area contributed by atoms with Gasteiger partial charge in [0.05, 0.1) is 0 Å². The molecule has 1 aromatic carbocycles. The molecule has 0 bridgehead atoms. The van der Waals surface area contributed by atoms with Gasteiger partial charge >= 0.3 is 6.03 Å². The highest BCUT2D eigenvalue weighted by Gasteiger charge is 2.56. The molecular formula is C22H30FN3O2. The number of amides is 3. The lowest BCUT2D eigenvalue weighted by molar-refractivity contribution is -0.135. The van der Waals surface area contributed by atoms with E-state index in [1.54, 1.807) is 12.1 Å². The summed E-state index contributed by atoms with van der Waals surface area (Å²) >= 11 is 0. The third-order valence-corrected chi connectivity index (χ3v) is 6.77. The van der Waals surface area contributed by atoms with Crippen molar-refractivity contribution in [3.05, 3.63) is 35.6 Å². The second-order valence-corrected chi connectivity index (χ2v) is 8.55. The molecule has 2 saturated heterocycles. The Hall–Kier alpha value is -1.95. The summed E-state index contributed by atoms with van der Waals surface area (Å²) in [5.74, 6) is -0.270. The van der Waals surface area contributed by atoms with Crippen LogP contribution < -0.4 is 10.6 Å². The number of piperidine rings is 1. The van der Waals surface area contributed by atoms with E-state index in [1.807, 2.05) is 0 Å². The quantitative estimate of drug-likeness (QED) is 0.615. The monoisotopic (exact) mass is 387 g/mol. The van der Waals surface area contributed by atoms with E-state index >= 15 is 0 Å². The Bertz CT molecular complexity index is 709. The average molecular weight is 387 g/mol. The predicted octanol–water partition coefficient (Wildman–Crippen LogP) is 3.38. The number of urea groups is 1. The zero-order chi connectivity index (χ0) is 19.6. The number of hydrogen-bond acceptors (Lipinski definition) is 3. The molecule has 3 aliphatic rings. The van der Waals surface area contributed by atoms with E-state index in [4.69, 9.17) is 0 Å². The lowest BCUT2D eigenvalue weighted by atomic mass is 9.74. The van der Waals surface area contributed by atoms with Crippen molar-refractivity contribution in [1.82, 2.24) is 15.5 Å². The topological polar surface area (TPSA) is 61.4 Å². The number of nitrogens with one attached hydrogen (secondary N) is 2. The summed E-state index contributed by atoms with van der Waals surface area (Å²) in [5, 5.41) is 6.48. The Kier molecular flexibility index (Phi) is 5.67. The molecule has 0 unspecified atom stereocenters. The summed E-state index contributed by atoms with van der Waals surface area (Å²) in [6.45, 7) is 1.70. The highest BCUT2D eigenvalue weighted by atomic mass is 19.1. The molecular weight excluding hydrogens is 357 g/mol. The van der Waals surface area contributed by atoms with Gasteiger partial charge in [-0.25, -0.2) is 9.18 Å². The van der Waals surface area contributed by atoms with Gasteiger partial charge in [0.1, 0.15) is 11.4 Å². The standard InChI is InChI=1S/C22H30FN3O2/c23-18-9-7-16(8-10-18)15-22(17-11-13-24-14-12-17)20(27)26(21(28)25-22)19-5-3-1-2-4-6-19/h7-10,17,19,24H,1-6,11-15H2,(H,25,28)/t22-/m0/s1. The van der Waals surface area contributed by atoms with Gasteiger partial charge in [0, 0.05) is 12.5 Å². The van der Waals surface area contributed by atoms with Gasteiger partial charge in [-0.05, 0) is 62.4 Å². The van der Waals surface area contributed by atoms with E-state index in [2.05, 4.69) is 10.6 Å². The molecule has 1 saturated carbocycles. The van der Waals surface area contributed by atoms with Crippen LogP contribution in [0.3, 0.4) is 0 Å². The molecule has 6 heteroatoms. The van der Waals surface area contributed by atoms with Crippen molar-refractivity contribution in [2.75, 3.05) is 13.1 Å². The number of benzene rings is 1. The molecule has 1 aromatic rings. The molecule has 0 radical (unpaired) electrons. The molecule has 3 fully saturated rings. The van der Waals surface area contributed by atoms with Crippen LogP contribution in [0.5, 0.6) is 0 Å². The highest BCUT2D eigenvalue weighted by Crippen LogP contribution is 2.37. The predicted molar refractivity (Wildman–Crippen MR) is 105 cm³/mol. The Labute approximate surface area is 166 Å². The second-order valence-electron chi connectivity index (χ2n) is 8.55. The summed E-state index contributed by atoms with van der Waals surface area (Å²) in [5.41, 5.74) is -0.0279. The Morgan fingerprint density at radius 2 is 1.61 bits per heavy atom. The summed E-state index contributed by atoms with van der Waals surface area (Å²) in [7, 11) is 0. The largest absolute Gasteiger partial charge is 0.325 e. The molecule has 1 aliphatic carbocycles. The highest BCUT2D eigenvalue weighted by molar-refractivity contribution is 6.07. The van der Waals surface area contributed by atoms with E-state index in [1.165, 1.54) is 29.9 Å². The number of imide groups is 1. The summed E-state index contributed by atoms with van der Waals surface area (Å²) in [6.07, 6.45) is 8.42. The van der Waals surface area contributed by atoms with Gasteiger partial charge in [-0.15, -0.1) is 0 Å². The van der Waals surface area contributed by atoms with Crippen molar-refractivity contribution >= 4 is 11.9 Å². The van der Waals surface area contributed by atoms with E-state index in [0.29, 0.717) is 6.42 Å². The van der Waals surface area contributed by atoms with Crippen LogP contribution in [-0.4, -0.2) is 41.5 Å². The van der Waals surface area contributed by atoms with Crippen LogP contribution in [0, 0.1) is 11.7 Å². The van der Waals surface area contributed by atoms with Crippen molar-refractivity contribution in [2.24, 2.45) is 5.92 Å². The minimum Gasteiger partial charge on any atom is -0.322 e. The van der Waals surface area contributed by atoms with Crippen LogP contribution in [-0.2, 0) is 11.2 Å². The fourth-order valence-electron chi connectivity index (χ4n) is 5.24. The van der Waals surface area contributed by atoms with Crippen LogP contribution in [0.25, 0.3) is 0 Å². The first kappa shape index (κ1) is 19.4. The lowest BCUT2D eigenvalue weighted by Crippen LogP contribution is -2.57. The van der Waals surface area contributed by atoms with Gasteiger partial charge in [-0.2, -0.15) is 0 Å². The Morgan fingerprint density at radius 1 is 0.964 bits per heavy atom. The first-order chi connectivity index (χ1) is 13.6. The van der Waals surface area contributed by atoms with Crippen LogP contribution >= 0.6 is 0 Å². The van der Waals surface area contributed by atoms with Crippen LogP contribution in [0.1, 0.15) is 56.9 Å². The van der Waals surface area contributed by atoms with Crippen molar-refractivity contribution in [3.8, 4) is 0 Å². The normalized spacial score (nSPS) is 27.7. The summed E-state index contributed by atoms with van der Waals surface area (Å²) < 4.78 is 13.4. The molecule has 4 rings (SSSR count). The van der Waals surface area contributed by atoms with E-state index in [0.717, 1.165) is 57.2 Å². The van der Waals surface area contributed by atoms with Crippen molar-refractivity contribution in [2.45, 2.75) is 69.4 Å². The van der Waals surface area contributed by atoms with Gasteiger partial charge < -0.3 is 10.6 Å². The first-order valence-electron chi connectivity index (χ1n) is 10.7. The minimum atomic E-state index is -0.913. The molecule has 0 aromatic heterocycles. The SMILES string of the molecule is O=C1N[C@@](Cc2ccc(F)cc2)(C2CCNCC2)C(=O)N1C1CCCCCC1. The smallest absolute Gasteiger partial charge is 0.322 e. The molecule has 2 heterocycles. The summed E-state index contributed by atoms with van der Waals surface area (Å²) in [6, 6.07) is 6.08. The molecule has 5 nitrogen and oxygen atoms in total. The third kappa shape index (κ3) is 3.66. The maximum absolute atomic E-state index is 13.8. The fraction of sp³-hybridized carbons (Fsp3) is 0.636. The zero-order valence-electron chi connectivity index (χ0n) is 16.4. The second kappa shape index (κ2) is 8.19. The molecule has 1 atom stereocenters. The number of carbonyl (C=O) groups excluding carboxylic acids is 2. The summed E-state index contributed by atoms with van der Waals surface area (Å²) in [4.78, 5) is 28.3. The first-order valence-corrected chi connectivity index (χ1v) is 10.7. The van der Waals surface area contributed by atoms with Crippen molar-refractivity contribution < 1.29 is 14.0 Å². The van der Waals surface area contributed by atoms with Gasteiger partial charge in [0.2, 0.25) is 0 Å². The van der Waals surface area contributed by atoms with Gasteiger partial charge in [-0.1, -0.05) is 37.8 Å². The number of hydrogen-bond donors (Lipinski definition) is 2. The van der Waals surface area contributed by atoms with Gasteiger partial charge in [0.15, 0.2) is 0 Å². The van der Waals surface area contributed by atoms with Crippen LogP contribution in [0.15, 0.2) is 24.3 Å².